The van der Waals surface area contributed by atoms with Crippen molar-refractivity contribution in [1.82, 2.24) is 15.3 Å². The normalized spacial score (nSPS) is 20.8. The lowest BCUT2D eigenvalue weighted by molar-refractivity contribution is 0.353. The predicted octanol–water partition coefficient (Wildman–Crippen LogP) is 3.43. The maximum Gasteiger partial charge on any atom is 0.133 e. The maximum absolute atomic E-state index is 4.54. The third-order valence-electron chi connectivity index (χ3n) is 4.51. The van der Waals surface area contributed by atoms with Crippen LogP contribution in [-0.4, -0.2) is 36.1 Å². The second-order valence-corrected chi connectivity index (χ2v) is 7.74. The van der Waals surface area contributed by atoms with E-state index < -0.39 is 0 Å². The third-order valence-corrected chi connectivity index (χ3v) is 5.38. The number of hydrogen-bond donors (Lipinski definition) is 2. The summed E-state index contributed by atoms with van der Waals surface area (Å²) in [5.41, 5.74) is 0. The molecule has 0 aromatic carbocycles. The van der Waals surface area contributed by atoms with Crippen LogP contribution in [0.5, 0.6) is 0 Å². The Morgan fingerprint density at radius 2 is 1.92 bits per heavy atom. The summed E-state index contributed by atoms with van der Waals surface area (Å²) in [5.74, 6) is 2.72. The van der Waals surface area contributed by atoms with Crippen LogP contribution in [0.3, 0.4) is 0 Å². The monoisotopic (exact) mass is 345 g/mol. The molecule has 0 aliphatic heterocycles. The van der Waals surface area contributed by atoms with Crippen LogP contribution in [0.4, 0.5) is 11.6 Å². The number of nitrogens with one attached hydrogen (secondary N) is 2. The van der Waals surface area contributed by atoms with Crippen molar-refractivity contribution in [3.8, 4) is 0 Å². The summed E-state index contributed by atoms with van der Waals surface area (Å²) < 4.78 is 0. The Hall–Kier alpha value is -1.66. The fourth-order valence-electron chi connectivity index (χ4n) is 3.16. The highest BCUT2D eigenvalue weighted by Crippen LogP contribution is 2.23. The largest absolute Gasteiger partial charge is 0.367 e. The van der Waals surface area contributed by atoms with Gasteiger partial charge in [-0.25, -0.2) is 9.97 Å². The highest BCUT2D eigenvalue weighted by molar-refractivity contribution is 7.09. The van der Waals surface area contributed by atoms with E-state index in [1.807, 2.05) is 43.3 Å². The predicted molar refractivity (Wildman–Crippen MR) is 102 cm³/mol. The Morgan fingerprint density at radius 3 is 2.58 bits per heavy atom. The molecule has 1 fully saturated rings. The van der Waals surface area contributed by atoms with Gasteiger partial charge in [0.25, 0.3) is 0 Å². The van der Waals surface area contributed by atoms with E-state index in [4.69, 9.17) is 0 Å². The van der Waals surface area contributed by atoms with Crippen molar-refractivity contribution in [2.45, 2.75) is 51.2 Å². The van der Waals surface area contributed by atoms with Gasteiger partial charge in [-0.2, -0.15) is 0 Å². The number of hydrogen-bond acceptors (Lipinski definition) is 6. The minimum Gasteiger partial charge on any atom is -0.367 e. The summed E-state index contributed by atoms with van der Waals surface area (Å²) in [6, 6.07) is 7.50. The molecule has 0 radical (unpaired) electrons. The molecular weight excluding hydrogens is 318 g/mol. The molecule has 1 aliphatic carbocycles. The molecule has 2 N–H and O–H groups in total. The van der Waals surface area contributed by atoms with Crippen molar-refractivity contribution in [2.75, 3.05) is 24.3 Å². The molecule has 2 heterocycles. The average Bonchev–Trinajstić information content (AvgIpc) is 3.07. The van der Waals surface area contributed by atoms with Gasteiger partial charge in [-0.15, -0.1) is 11.3 Å². The number of aryl methyl sites for hydroxylation is 1. The zero-order valence-electron chi connectivity index (χ0n) is 14.7. The first-order valence-corrected chi connectivity index (χ1v) is 9.53. The molecule has 0 spiro atoms. The van der Waals surface area contributed by atoms with Gasteiger partial charge in [0, 0.05) is 43.7 Å². The van der Waals surface area contributed by atoms with Gasteiger partial charge in [-0.05, 0) is 44.1 Å². The average molecular weight is 346 g/mol. The topological polar surface area (TPSA) is 53.1 Å². The van der Waals surface area contributed by atoms with Gasteiger partial charge < -0.3 is 15.5 Å². The van der Waals surface area contributed by atoms with Crippen LogP contribution in [0.2, 0.25) is 0 Å². The molecule has 2 aromatic rings. The molecule has 1 aliphatic rings. The minimum atomic E-state index is 0.508. The standard InChI is InChI=1S/C18H27N5S/c1-13-20-17(11-18(21-13)23(2)3)22-15-8-6-14(7-9-15)19-12-16-5-4-10-24-16/h4-5,10-11,14-15,19H,6-9,12H2,1-3H3,(H,20,21,22). The Kier molecular flexibility index (Phi) is 5.68. The van der Waals surface area contributed by atoms with Gasteiger partial charge in [0.05, 0.1) is 0 Å². The van der Waals surface area contributed by atoms with Gasteiger partial charge in [-0.1, -0.05) is 6.07 Å². The lowest BCUT2D eigenvalue weighted by atomic mass is 9.91. The number of rotatable bonds is 6. The highest BCUT2D eigenvalue weighted by Gasteiger charge is 2.21. The zero-order valence-corrected chi connectivity index (χ0v) is 15.6. The molecule has 0 saturated heterocycles. The number of aromatic nitrogens is 2. The third kappa shape index (κ3) is 4.68. The van der Waals surface area contributed by atoms with Gasteiger partial charge in [0.15, 0.2) is 0 Å². The summed E-state index contributed by atoms with van der Waals surface area (Å²) in [6.45, 7) is 2.95. The van der Waals surface area contributed by atoms with Gasteiger partial charge in [-0.3, -0.25) is 0 Å². The summed E-state index contributed by atoms with van der Waals surface area (Å²) >= 11 is 1.83. The van der Waals surface area contributed by atoms with Crippen LogP contribution in [0.25, 0.3) is 0 Å². The lowest BCUT2D eigenvalue weighted by Gasteiger charge is -2.30. The number of nitrogens with zero attached hydrogens (tertiary/aromatic N) is 3. The van der Waals surface area contributed by atoms with E-state index in [1.54, 1.807) is 0 Å². The van der Waals surface area contributed by atoms with Crippen molar-refractivity contribution < 1.29 is 0 Å². The molecule has 0 atom stereocenters. The molecule has 0 amide bonds. The molecule has 130 valence electrons. The first-order chi connectivity index (χ1) is 11.6. The van der Waals surface area contributed by atoms with Crippen molar-refractivity contribution in [3.05, 3.63) is 34.3 Å². The molecule has 6 heteroatoms. The van der Waals surface area contributed by atoms with Crippen LogP contribution < -0.4 is 15.5 Å². The maximum atomic E-state index is 4.54. The van der Waals surface area contributed by atoms with Crippen LogP contribution in [0, 0.1) is 6.92 Å². The van der Waals surface area contributed by atoms with Gasteiger partial charge in [0.2, 0.25) is 0 Å². The fourth-order valence-corrected chi connectivity index (χ4v) is 3.82. The summed E-state index contributed by atoms with van der Waals surface area (Å²) in [6.07, 6.45) is 4.80. The Labute approximate surface area is 148 Å². The van der Waals surface area contributed by atoms with E-state index in [-0.39, 0.29) is 0 Å². The van der Waals surface area contributed by atoms with E-state index in [0.717, 1.165) is 24.0 Å². The van der Waals surface area contributed by atoms with Crippen molar-refractivity contribution in [1.29, 1.82) is 0 Å². The highest BCUT2D eigenvalue weighted by atomic mass is 32.1. The first kappa shape index (κ1) is 17.2. The Bertz CT molecular complexity index is 633. The Balaban J connectivity index is 1.48. The van der Waals surface area contributed by atoms with E-state index in [2.05, 4.69) is 38.1 Å². The van der Waals surface area contributed by atoms with E-state index in [1.165, 1.54) is 30.6 Å². The molecular formula is C18H27N5S. The van der Waals surface area contributed by atoms with E-state index in [9.17, 15) is 0 Å². The van der Waals surface area contributed by atoms with E-state index in [0.29, 0.717) is 12.1 Å². The van der Waals surface area contributed by atoms with Crippen molar-refractivity contribution in [2.24, 2.45) is 0 Å². The van der Waals surface area contributed by atoms with Crippen molar-refractivity contribution >= 4 is 23.0 Å². The second-order valence-electron chi connectivity index (χ2n) is 6.71. The SMILES string of the molecule is Cc1nc(NC2CCC(NCc3cccs3)CC2)cc(N(C)C)n1. The molecule has 0 unspecified atom stereocenters. The number of thiophene rings is 1. The summed E-state index contributed by atoms with van der Waals surface area (Å²) in [5, 5.41) is 9.44. The van der Waals surface area contributed by atoms with Crippen LogP contribution in [0.1, 0.15) is 36.4 Å². The fraction of sp³-hybridized carbons (Fsp3) is 0.556. The molecule has 3 rings (SSSR count). The zero-order chi connectivity index (χ0) is 16.9. The first-order valence-electron chi connectivity index (χ1n) is 8.65. The molecule has 1 saturated carbocycles. The minimum absolute atomic E-state index is 0.508. The van der Waals surface area contributed by atoms with Crippen LogP contribution in [-0.2, 0) is 6.54 Å². The quantitative estimate of drug-likeness (QED) is 0.840. The molecule has 2 aromatic heterocycles. The Morgan fingerprint density at radius 1 is 1.17 bits per heavy atom. The second kappa shape index (κ2) is 7.94. The summed E-state index contributed by atoms with van der Waals surface area (Å²) in [7, 11) is 4.02. The molecule has 5 nitrogen and oxygen atoms in total. The molecule has 24 heavy (non-hydrogen) atoms. The number of anilines is 2. The molecule has 0 bridgehead atoms. The van der Waals surface area contributed by atoms with Gasteiger partial charge in [0.1, 0.15) is 17.5 Å². The van der Waals surface area contributed by atoms with Crippen LogP contribution in [0.15, 0.2) is 23.6 Å². The van der Waals surface area contributed by atoms with E-state index >= 15 is 0 Å². The lowest BCUT2D eigenvalue weighted by Crippen LogP contribution is -2.36. The van der Waals surface area contributed by atoms with Crippen LogP contribution >= 0.6 is 11.3 Å². The summed E-state index contributed by atoms with van der Waals surface area (Å²) in [4.78, 5) is 12.4. The van der Waals surface area contributed by atoms with Crippen molar-refractivity contribution in [3.63, 3.8) is 0 Å². The van der Waals surface area contributed by atoms with Gasteiger partial charge >= 0.3 is 0 Å². The smallest absolute Gasteiger partial charge is 0.133 e.